The molecule has 27 heavy (non-hydrogen) atoms. The molecule has 1 aromatic carbocycles. The Hall–Kier alpha value is -2.46. The van der Waals surface area contributed by atoms with Crippen LogP contribution in [0.1, 0.15) is 35.5 Å². The lowest BCUT2D eigenvalue weighted by Crippen LogP contribution is -2.37. The van der Waals surface area contributed by atoms with Gasteiger partial charge in [-0.05, 0) is 30.5 Å². The van der Waals surface area contributed by atoms with Gasteiger partial charge in [0.1, 0.15) is 5.01 Å². The maximum absolute atomic E-state index is 12.4. The molecule has 0 aliphatic rings. The van der Waals surface area contributed by atoms with Crippen LogP contribution in [0.2, 0.25) is 0 Å². The van der Waals surface area contributed by atoms with Gasteiger partial charge in [0.2, 0.25) is 5.91 Å². The van der Waals surface area contributed by atoms with Crippen LogP contribution in [0, 0.1) is 6.92 Å². The zero-order chi connectivity index (χ0) is 20.0. The zero-order valence-corrected chi connectivity index (χ0v) is 16.9. The molecule has 10 heteroatoms. The molecule has 0 saturated heterocycles. The third-order valence-corrected chi connectivity index (χ3v) is 6.22. The number of nitrogens with zero attached hydrogens (tertiary/aromatic N) is 1. The number of aryl methyl sites for hydroxylation is 1. The minimum absolute atomic E-state index is 0.0185. The lowest BCUT2D eigenvalue weighted by molar-refractivity contribution is -0.121. The molecule has 2 aromatic rings. The van der Waals surface area contributed by atoms with Gasteiger partial charge in [-0.25, -0.2) is 22.9 Å². The Labute approximate surface area is 162 Å². The van der Waals surface area contributed by atoms with E-state index in [1.807, 2.05) is 17.0 Å². The van der Waals surface area contributed by atoms with Gasteiger partial charge in [-0.2, -0.15) is 0 Å². The van der Waals surface area contributed by atoms with Crippen molar-refractivity contribution >= 4 is 33.3 Å². The van der Waals surface area contributed by atoms with E-state index in [0.717, 1.165) is 5.01 Å². The third-order valence-electron chi connectivity index (χ3n) is 3.85. The highest BCUT2D eigenvalue weighted by Crippen LogP contribution is 2.20. The molecule has 1 atom stereocenters. The second-order valence-corrected chi connectivity index (χ2v) is 8.44. The smallest absolute Gasteiger partial charge is 0.328 e. The Bertz CT molecular complexity index is 911. The molecule has 0 fully saturated rings. The Kier molecular flexibility index (Phi) is 6.92. The zero-order valence-electron chi connectivity index (χ0n) is 15.3. The number of carbonyl (C=O) groups excluding carboxylic acids is 2. The van der Waals surface area contributed by atoms with Crippen LogP contribution >= 0.6 is 11.3 Å². The number of thiazole rings is 1. The average molecular weight is 411 g/mol. The van der Waals surface area contributed by atoms with Crippen LogP contribution in [0.4, 0.5) is 4.79 Å². The van der Waals surface area contributed by atoms with Crippen LogP contribution in [0.5, 0.6) is 0 Å². The van der Waals surface area contributed by atoms with E-state index in [-0.39, 0.29) is 23.3 Å². The van der Waals surface area contributed by atoms with E-state index in [4.69, 9.17) is 0 Å². The van der Waals surface area contributed by atoms with Crippen LogP contribution in [0.25, 0.3) is 0 Å². The minimum atomic E-state index is -4.03. The number of hydrogen-bond acceptors (Lipinski definition) is 6. The summed E-state index contributed by atoms with van der Waals surface area (Å²) in [6.45, 7) is 3.57. The molecule has 1 heterocycles. The van der Waals surface area contributed by atoms with Crippen molar-refractivity contribution in [3.05, 3.63) is 45.9 Å². The molecule has 3 amide bonds. The molecule has 146 valence electrons. The fourth-order valence-electron chi connectivity index (χ4n) is 2.45. The average Bonchev–Trinajstić information content (AvgIpc) is 3.15. The lowest BCUT2D eigenvalue weighted by atomic mass is 10.1. The number of rotatable bonds is 7. The van der Waals surface area contributed by atoms with Crippen molar-refractivity contribution in [2.24, 2.45) is 0 Å². The molecule has 3 N–H and O–H groups in total. The number of urea groups is 1. The first-order chi connectivity index (χ1) is 12.8. The van der Waals surface area contributed by atoms with Crippen molar-refractivity contribution < 1.29 is 18.0 Å². The maximum Gasteiger partial charge on any atom is 0.328 e. The second-order valence-electron chi connectivity index (χ2n) is 5.86. The predicted octanol–water partition coefficient (Wildman–Crippen LogP) is 1.88. The molecule has 0 radical (unpaired) electrons. The molecule has 8 nitrogen and oxygen atoms in total. The van der Waals surface area contributed by atoms with Crippen LogP contribution in [0.15, 0.2) is 34.7 Å². The van der Waals surface area contributed by atoms with Crippen LogP contribution < -0.4 is 15.4 Å². The Morgan fingerprint density at radius 1 is 1.30 bits per heavy atom. The van der Waals surface area contributed by atoms with Crippen LogP contribution in [-0.2, 0) is 21.2 Å². The topological polar surface area (TPSA) is 117 Å². The van der Waals surface area contributed by atoms with E-state index in [2.05, 4.69) is 15.6 Å². The summed E-state index contributed by atoms with van der Waals surface area (Å²) in [6.07, 6.45) is 2.40. The highest BCUT2D eigenvalue weighted by Gasteiger charge is 2.21. The van der Waals surface area contributed by atoms with Gasteiger partial charge in [0.25, 0.3) is 10.0 Å². The number of benzene rings is 1. The summed E-state index contributed by atoms with van der Waals surface area (Å²) in [5.74, 6) is -0.233. The Morgan fingerprint density at radius 3 is 2.63 bits per heavy atom. The number of amides is 3. The van der Waals surface area contributed by atoms with Gasteiger partial charge < -0.3 is 10.6 Å². The van der Waals surface area contributed by atoms with E-state index in [1.54, 1.807) is 25.3 Å². The SMILES string of the molecule is CCC(NC(=O)Cc1ccc(C)c(S(=O)(=O)NC(=O)NC)c1)c1nccs1. The van der Waals surface area contributed by atoms with E-state index in [0.29, 0.717) is 17.5 Å². The summed E-state index contributed by atoms with van der Waals surface area (Å²) in [5, 5.41) is 7.79. The van der Waals surface area contributed by atoms with Crippen molar-refractivity contribution in [1.82, 2.24) is 20.3 Å². The van der Waals surface area contributed by atoms with Gasteiger partial charge in [0.15, 0.2) is 0 Å². The second kappa shape index (κ2) is 8.96. The predicted molar refractivity (Wildman–Crippen MR) is 103 cm³/mol. The largest absolute Gasteiger partial charge is 0.347 e. The Morgan fingerprint density at radius 2 is 2.04 bits per heavy atom. The highest BCUT2D eigenvalue weighted by atomic mass is 32.2. The van der Waals surface area contributed by atoms with Gasteiger partial charge in [-0.3, -0.25) is 4.79 Å². The van der Waals surface area contributed by atoms with Crippen LogP contribution in [-0.4, -0.2) is 32.4 Å². The minimum Gasteiger partial charge on any atom is -0.347 e. The molecule has 2 rings (SSSR count). The number of aromatic nitrogens is 1. The van der Waals surface area contributed by atoms with Crippen molar-refractivity contribution in [1.29, 1.82) is 0 Å². The lowest BCUT2D eigenvalue weighted by Gasteiger charge is -2.15. The highest BCUT2D eigenvalue weighted by molar-refractivity contribution is 7.90. The Balaban J connectivity index is 2.15. The molecule has 0 saturated carbocycles. The number of nitrogens with one attached hydrogen (secondary N) is 3. The fraction of sp³-hybridized carbons (Fsp3) is 0.353. The maximum atomic E-state index is 12.4. The molecule has 0 bridgehead atoms. The quantitative estimate of drug-likeness (QED) is 0.644. The standard InChI is InChI=1S/C17H22N4O4S2/c1-4-13(16-19-7-8-26-16)20-15(22)10-12-6-5-11(2)14(9-12)27(24,25)21-17(23)18-3/h5-9,13H,4,10H2,1-3H3,(H,20,22)(H2,18,21,23). The molecular formula is C17H22N4O4S2. The first-order valence-corrected chi connectivity index (χ1v) is 10.7. The summed E-state index contributed by atoms with van der Waals surface area (Å²) < 4.78 is 26.6. The summed E-state index contributed by atoms with van der Waals surface area (Å²) in [6, 6.07) is 3.70. The van der Waals surface area contributed by atoms with E-state index in [1.165, 1.54) is 24.5 Å². The molecule has 1 aromatic heterocycles. The first-order valence-electron chi connectivity index (χ1n) is 8.29. The van der Waals surface area contributed by atoms with Gasteiger partial charge in [0, 0.05) is 18.6 Å². The van der Waals surface area contributed by atoms with Crippen molar-refractivity contribution in [2.75, 3.05) is 7.05 Å². The van der Waals surface area contributed by atoms with Gasteiger partial charge in [-0.15, -0.1) is 11.3 Å². The van der Waals surface area contributed by atoms with E-state index >= 15 is 0 Å². The van der Waals surface area contributed by atoms with Crippen molar-refractivity contribution in [3.8, 4) is 0 Å². The summed E-state index contributed by atoms with van der Waals surface area (Å²) >= 11 is 1.47. The number of carbonyl (C=O) groups is 2. The van der Waals surface area contributed by atoms with E-state index in [9.17, 15) is 18.0 Å². The molecule has 0 spiro atoms. The summed E-state index contributed by atoms with van der Waals surface area (Å²) in [7, 11) is -2.70. The monoisotopic (exact) mass is 410 g/mol. The van der Waals surface area contributed by atoms with Crippen molar-refractivity contribution in [3.63, 3.8) is 0 Å². The van der Waals surface area contributed by atoms with Gasteiger partial charge >= 0.3 is 6.03 Å². The fourth-order valence-corrected chi connectivity index (χ4v) is 4.48. The summed E-state index contributed by atoms with van der Waals surface area (Å²) in [4.78, 5) is 27.9. The third kappa shape index (κ3) is 5.51. The molecule has 0 aliphatic heterocycles. The van der Waals surface area contributed by atoms with Gasteiger partial charge in [-0.1, -0.05) is 19.1 Å². The molecule has 1 unspecified atom stereocenters. The van der Waals surface area contributed by atoms with Gasteiger partial charge in [0.05, 0.1) is 17.4 Å². The van der Waals surface area contributed by atoms with Crippen molar-refractivity contribution in [2.45, 2.75) is 37.6 Å². The number of hydrogen-bond donors (Lipinski definition) is 3. The molecule has 0 aliphatic carbocycles. The number of sulfonamides is 1. The normalized spacial score (nSPS) is 12.3. The van der Waals surface area contributed by atoms with E-state index < -0.39 is 16.1 Å². The summed E-state index contributed by atoms with van der Waals surface area (Å²) in [5.41, 5.74) is 1.01. The molecular weight excluding hydrogens is 388 g/mol. The van der Waals surface area contributed by atoms with Crippen LogP contribution in [0.3, 0.4) is 0 Å². The first kappa shape index (κ1) is 20.8.